The van der Waals surface area contributed by atoms with Gasteiger partial charge in [0.25, 0.3) is 5.69 Å². The lowest BCUT2D eigenvalue weighted by Gasteiger charge is -2.20. The van der Waals surface area contributed by atoms with Gasteiger partial charge < -0.3 is 10.4 Å². The summed E-state index contributed by atoms with van der Waals surface area (Å²) >= 11 is 0. The van der Waals surface area contributed by atoms with Crippen molar-refractivity contribution < 1.29 is 10.0 Å². The zero-order chi connectivity index (χ0) is 13.8. The molecule has 2 N–H and O–H groups in total. The molecular formula is C13H15N3O3. The summed E-state index contributed by atoms with van der Waals surface area (Å²) in [6, 6.07) is 6.26. The molecule has 0 bridgehead atoms. The van der Waals surface area contributed by atoms with Crippen molar-refractivity contribution in [2.45, 2.75) is 25.3 Å². The molecule has 6 heteroatoms. The molecule has 1 aromatic rings. The highest BCUT2D eigenvalue weighted by Gasteiger charge is 2.28. The van der Waals surface area contributed by atoms with Crippen molar-refractivity contribution in [2.75, 3.05) is 11.9 Å². The van der Waals surface area contributed by atoms with E-state index in [9.17, 15) is 15.2 Å². The normalized spacial score (nSPS) is 21.9. The molecule has 1 aliphatic rings. The van der Waals surface area contributed by atoms with Crippen LogP contribution in [-0.4, -0.2) is 22.7 Å². The van der Waals surface area contributed by atoms with E-state index in [0.29, 0.717) is 11.3 Å². The molecule has 100 valence electrons. The lowest BCUT2D eigenvalue weighted by atomic mass is 10.0. The third-order valence-electron chi connectivity index (χ3n) is 3.56. The van der Waals surface area contributed by atoms with Crippen molar-refractivity contribution in [3.05, 3.63) is 33.9 Å². The lowest BCUT2D eigenvalue weighted by Crippen LogP contribution is -2.26. The molecule has 1 aromatic carbocycles. The predicted octanol–water partition coefficient (Wildman–Crippen LogP) is 2.04. The van der Waals surface area contributed by atoms with Crippen LogP contribution in [0.4, 0.5) is 11.4 Å². The molecule has 0 amide bonds. The van der Waals surface area contributed by atoms with Crippen LogP contribution < -0.4 is 5.32 Å². The molecule has 0 aromatic heterocycles. The Morgan fingerprint density at radius 2 is 2.32 bits per heavy atom. The molecular weight excluding hydrogens is 246 g/mol. The van der Waals surface area contributed by atoms with Crippen molar-refractivity contribution in [2.24, 2.45) is 5.92 Å². The molecule has 1 aliphatic carbocycles. The molecule has 2 rings (SSSR count). The van der Waals surface area contributed by atoms with Gasteiger partial charge in [-0.25, -0.2) is 0 Å². The Bertz CT molecular complexity index is 524. The van der Waals surface area contributed by atoms with Gasteiger partial charge in [0.1, 0.15) is 5.69 Å². The van der Waals surface area contributed by atoms with Crippen molar-refractivity contribution in [3.8, 4) is 6.07 Å². The minimum Gasteiger partial charge on any atom is -0.396 e. The largest absolute Gasteiger partial charge is 0.396 e. The number of aliphatic hydroxyl groups excluding tert-OH is 1. The van der Waals surface area contributed by atoms with Gasteiger partial charge in [-0.15, -0.1) is 0 Å². The topological polar surface area (TPSA) is 99.2 Å². The van der Waals surface area contributed by atoms with E-state index in [1.807, 2.05) is 6.07 Å². The van der Waals surface area contributed by atoms with Gasteiger partial charge in [0, 0.05) is 24.6 Å². The molecule has 1 saturated carbocycles. The van der Waals surface area contributed by atoms with Gasteiger partial charge in [-0.2, -0.15) is 5.26 Å². The van der Waals surface area contributed by atoms with Gasteiger partial charge in [0.15, 0.2) is 0 Å². The van der Waals surface area contributed by atoms with E-state index in [1.165, 1.54) is 18.2 Å². The second kappa shape index (κ2) is 5.67. The lowest BCUT2D eigenvalue weighted by molar-refractivity contribution is -0.384. The van der Waals surface area contributed by atoms with Gasteiger partial charge in [-0.1, -0.05) is 6.42 Å². The second-order valence-corrected chi connectivity index (χ2v) is 4.73. The van der Waals surface area contributed by atoms with Gasteiger partial charge in [0.05, 0.1) is 16.6 Å². The van der Waals surface area contributed by atoms with Crippen molar-refractivity contribution in [3.63, 3.8) is 0 Å². The predicted molar refractivity (Wildman–Crippen MR) is 69.6 cm³/mol. The summed E-state index contributed by atoms with van der Waals surface area (Å²) in [6.45, 7) is 0.0728. The Hall–Kier alpha value is -2.13. The van der Waals surface area contributed by atoms with Gasteiger partial charge in [-0.05, 0) is 25.0 Å². The fourth-order valence-corrected chi connectivity index (χ4v) is 2.53. The highest BCUT2D eigenvalue weighted by atomic mass is 16.6. The SMILES string of the molecule is N#Cc1ccc([N+](=O)[O-])c(NC2CCCC2CO)c1. The number of nitro groups is 1. The van der Waals surface area contributed by atoms with E-state index in [1.54, 1.807) is 0 Å². The Balaban J connectivity index is 2.27. The minimum absolute atomic E-state index is 0.0256. The summed E-state index contributed by atoms with van der Waals surface area (Å²) in [5.41, 5.74) is 0.698. The molecule has 2 unspecified atom stereocenters. The highest BCUT2D eigenvalue weighted by Crippen LogP contribution is 2.32. The van der Waals surface area contributed by atoms with Gasteiger partial charge in [0.2, 0.25) is 0 Å². The number of nitrogens with zero attached hydrogens (tertiary/aromatic N) is 2. The van der Waals surface area contributed by atoms with Gasteiger partial charge in [-0.3, -0.25) is 10.1 Å². The van der Waals surface area contributed by atoms with Crippen LogP contribution in [0.3, 0.4) is 0 Å². The molecule has 1 fully saturated rings. The summed E-state index contributed by atoms with van der Waals surface area (Å²) < 4.78 is 0. The number of rotatable bonds is 4. The number of nitrogens with one attached hydrogen (secondary N) is 1. The molecule has 0 saturated heterocycles. The number of nitriles is 1. The van der Waals surface area contributed by atoms with Gasteiger partial charge >= 0.3 is 0 Å². The number of benzene rings is 1. The average molecular weight is 261 g/mol. The van der Waals surface area contributed by atoms with Crippen LogP contribution >= 0.6 is 0 Å². The van der Waals surface area contributed by atoms with E-state index in [-0.39, 0.29) is 24.3 Å². The standard InChI is InChI=1S/C13H15N3O3/c14-7-9-4-5-13(16(18)19)12(6-9)15-11-3-1-2-10(11)8-17/h4-6,10-11,15,17H,1-3,8H2. The number of nitro benzene ring substituents is 1. The number of hydrogen-bond donors (Lipinski definition) is 2. The Morgan fingerprint density at radius 3 is 2.95 bits per heavy atom. The van der Waals surface area contributed by atoms with E-state index in [4.69, 9.17) is 5.26 Å². The minimum atomic E-state index is -0.466. The maximum atomic E-state index is 11.0. The number of hydrogen-bond acceptors (Lipinski definition) is 5. The second-order valence-electron chi connectivity index (χ2n) is 4.73. The molecule has 6 nitrogen and oxygen atoms in total. The van der Waals surface area contributed by atoms with Crippen LogP contribution in [0.2, 0.25) is 0 Å². The molecule has 19 heavy (non-hydrogen) atoms. The molecule has 2 atom stereocenters. The molecule has 0 radical (unpaired) electrons. The van der Waals surface area contributed by atoms with Crippen LogP contribution in [0.5, 0.6) is 0 Å². The molecule has 0 spiro atoms. The Morgan fingerprint density at radius 1 is 1.53 bits per heavy atom. The van der Waals surface area contributed by atoms with Crippen LogP contribution in [0.25, 0.3) is 0 Å². The maximum absolute atomic E-state index is 11.0. The summed E-state index contributed by atoms with van der Waals surface area (Å²) in [5.74, 6) is 0.116. The first-order valence-electron chi connectivity index (χ1n) is 6.21. The zero-order valence-electron chi connectivity index (χ0n) is 10.4. The zero-order valence-corrected chi connectivity index (χ0v) is 10.4. The third-order valence-corrected chi connectivity index (χ3v) is 3.56. The first kappa shape index (κ1) is 13.3. The number of anilines is 1. The Kier molecular flexibility index (Phi) is 3.97. The van der Waals surface area contributed by atoms with Crippen LogP contribution in [0, 0.1) is 27.4 Å². The third kappa shape index (κ3) is 2.83. The molecule has 0 heterocycles. The van der Waals surface area contributed by atoms with E-state index in [0.717, 1.165) is 19.3 Å². The fourth-order valence-electron chi connectivity index (χ4n) is 2.53. The average Bonchev–Trinajstić information content (AvgIpc) is 2.85. The van der Waals surface area contributed by atoms with Crippen molar-refractivity contribution >= 4 is 11.4 Å². The van der Waals surface area contributed by atoms with E-state index in [2.05, 4.69) is 5.32 Å². The monoisotopic (exact) mass is 261 g/mol. The quantitative estimate of drug-likeness (QED) is 0.638. The summed E-state index contributed by atoms with van der Waals surface area (Å²) in [5, 5.41) is 32.2. The molecule has 0 aliphatic heterocycles. The highest BCUT2D eigenvalue weighted by molar-refractivity contribution is 5.64. The summed E-state index contributed by atoms with van der Waals surface area (Å²) in [4.78, 5) is 10.5. The van der Waals surface area contributed by atoms with E-state index < -0.39 is 4.92 Å². The van der Waals surface area contributed by atoms with Crippen molar-refractivity contribution in [1.82, 2.24) is 0 Å². The maximum Gasteiger partial charge on any atom is 0.292 e. The van der Waals surface area contributed by atoms with Crippen LogP contribution in [0.15, 0.2) is 18.2 Å². The fraction of sp³-hybridized carbons (Fsp3) is 0.462. The number of aliphatic hydroxyl groups is 1. The van der Waals surface area contributed by atoms with Crippen LogP contribution in [-0.2, 0) is 0 Å². The van der Waals surface area contributed by atoms with Crippen LogP contribution in [0.1, 0.15) is 24.8 Å². The summed E-state index contributed by atoms with van der Waals surface area (Å²) in [6.07, 6.45) is 2.79. The summed E-state index contributed by atoms with van der Waals surface area (Å²) in [7, 11) is 0. The first-order chi connectivity index (χ1) is 9.15. The smallest absolute Gasteiger partial charge is 0.292 e. The van der Waals surface area contributed by atoms with E-state index >= 15 is 0 Å². The first-order valence-corrected chi connectivity index (χ1v) is 6.21. The Labute approximate surface area is 110 Å². The van der Waals surface area contributed by atoms with Crippen molar-refractivity contribution in [1.29, 1.82) is 5.26 Å².